The third-order valence-corrected chi connectivity index (χ3v) is 4.23. The van der Waals surface area contributed by atoms with Gasteiger partial charge in [0.2, 0.25) is 5.91 Å². The van der Waals surface area contributed by atoms with Gasteiger partial charge in [-0.25, -0.2) is 13.2 Å². The molecule has 1 aliphatic rings. The number of benzene rings is 1. The Labute approximate surface area is 140 Å². The molecule has 1 aliphatic heterocycles. The number of rotatable bonds is 3. The van der Waals surface area contributed by atoms with E-state index >= 15 is 0 Å². The van der Waals surface area contributed by atoms with Crippen LogP contribution in [0.5, 0.6) is 0 Å². The molecular weight excluding hydrogens is 333 g/mol. The fraction of sp³-hybridized carbons (Fsp3) is 0.235. The molecule has 3 heterocycles. The highest BCUT2D eigenvalue weighted by molar-refractivity contribution is 5.83. The summed E-state index contributed by atoms with van der Waals surface area (Å²) in [5.74, 6) is -2.15. The second-order valence-corrected chi connectivity index (χ2v) is 5.93. The smallest absolute Gasteiger partial charge is 0.244 e. The number of fused-ring (bicyclic) bond motifs is 1. The summed E-state index contributed by atoms with van der Waals surface area (Å²) in [6.07, 6.45) is 1.95. The number of nitrogens with zero attached hydrogens (tertiary/aromatic N) is 4. The van der Waals surface area contributed by atoms with Crippen molar-refractivity contribution < 1.29 is 18.0 Å². The number of carbonyl (C=O) groups excluding carboxylic acids is 1. The summed E-state index contributed by atoms with van der Waals surface area (Å²) in [7, 11) is 0. The lowest BCUT2D eigenvalue weighted by atomic mass is 10.1. The normalized spacial score (nSPS) is 14.8. The molecule has 0 spiro atoms. The van der Waals surface area contributed by atoms with Crippen LogP contribution >= 0.6 is 0 Å². The standard InChI is InChI=1S/C17H13F3N4O/c18-11-7-23(8-11)16(25)9-24-15-4-10(5-21-14(15)6-22-24)12-2-1-3-13(19)17(12)20/h1-6,11H,7-9H2. The summed E-state index contributed by atoms with van der Waals surface area (Å²) in [6, 6.07) is 5.51. The van der Waals surface area contributed by atoms with Gasteiger partial charge in [-0.3, -0.25) is 14.5 Å². The topological polar surface area (TPSA) is 51.0 Å². The quantitative estimate of drug-likeness (QED) is 0.732. The zero-order chi connectivity index (χ0) is 17.6. The Hall–Kier alpha value is -2.90. The van der Waals surface area contributed by atoms with Crippen molar-refractivity contribution in [2.75, 3.05) is 13.1 Å². The minimum absolute atomic E-state index is 0.0625. The number of alkyl halides is 1. The molecule has 0 bridgehead atoms. The van der Waals surface area contributed by atoms with E-state index < -0.39 is 17.8 Å². The number of hydrogen-bond acceptors (Lipinski definition) is 3. The van der Waals surface area contributed by atoms with Crippen LogP contribution in [0, 0.1) is 11.6 Å². The maximum atomic E-state index is 14.0. The summed E-state index contributed by atoms with van der Waals surface area (Å²) >= 11 is 0. The predicted molar refractivity (Wildman–Crippen MR) is 84.4 cm³/mol. The molecule has 3 aromatic rings. The second kappa shape index (κ2) is 5.87. The maximum absolute atomic E-state index is 14.0. The summed E-state index contributed by atoms with van der Waals surface area (Å²) < 4.78 is 41.7. The molecule has 128 valence electrons. The molecule has 25 heavy (non-hydrogen) atoms. The SMILES string of the molecule is O=C(Cn1ncc2ncc(-c3cccc(F)c3F)cc21)N1CC(F)C1. The van der Waals surface area contributed by atoms with Crippen molar-refractivity contribution in [2.24, 2.45) is 0 Å². The zero-order valence-electron chi connectivity index (χ0n) is 13.0. The highest BCUT2D eigenvalue weighted by Gasteiger charge is 2.30. The van der Waals surface area contributed by atoms with Crippen LogP contribution < -0.4 is 0 Å². The van der Waals surface area contributed by atoms with E-state index in [9.17, 15) is 18.0 Å². The maximum Gasteiger partial charge on any atom is 0.244 e. The van der Waals surface area contributed by atoms with Gasteiger partial charge in [0.25, 0.3) is 0 Å². The lowest BCUT2D eigenvalue weighted by Gasteiger charge is -2.34. The molecule has 0 radical (unpaired) electrons. The van der Waals surface area contributed by atoms with E-state index in [1.807, 2.05) is 0 Å². The van der Waals surface area contributed by atoms with Crippen molar-refractivity contribution in [1.29, 1.82) is 0 Å². The van der Waals surface area contributed by atoms with E-state index in [2.05, 4.69) is 10.1 Å². The second-order valence-electron chi connectivity index (χ2n) is 5.93. The summed E-state index contributed by atoms with van der Waals surface area (Å²) in [4.78, 5) is 17.7. The minimum atomic E-state index is -0.970. The first-order valence-electron chi connectivity index (χ1n) is 7.70. The summed E-state index contributed by atoms with van der Waals surface area (Å²) in [5, 5.41) is 4.11. The lowest BCUT2D eigenvalue weighted by Crippen LogP contribution is -2.52. The summed E-state index contributed by atoms with van der Waals surface area (Å²) in [5.41, 5.74) is 1.51. The number of amides is 1. The van der Waals surface area contributed by atoms with Crippen molar-refractivity contribution in [3.05, 3.63) is 48.3 Å². The Balaban J connectivity index is 1.68. The van der Waals surface area contributed by atoms with E-state index in [1.54, 1.807) is 6.07 Å². The van der Waals surface area contributed by atoms with Crippen LogP contribution in [0.15, 0.2) is 36.7 Å². The van der Waals surface area contributed by atoms with Gasteiger partial charge in [0.15, 0.2) is 11.6 Å². The number of pyridine rings is 1. The van der Waals surface area contributed by atoms with Crippen LogP contribution in [0.4, 0.5) is 13.2 Å². The fourth-order valence-corrected chi connectivity index (χ4v) is 2.81. The van der Waals surface area contributed by atoms with Crippen LogP contribution in [0.1, 0.15) is 0 Å². The molecule has 0 unspecified atom stereocenters. The molecule has 1 saturated heterocycles. The number of carbonyl (C=O) groups is 1. The largest absolute Gasteiger partial charge is 0.335 e. The number of hydrogen-bond donors (Lipinski definition) is 0. The molecule has 1 amide bonds. The Bertz CT molecular complexity index is 966. The van der Waals surface area contributed by atoms with E-state index in [0.29, 0.717) is 16.6 Å². The van der Waals surface area contributed by atoms with Crippen LogP contribution in [-0.2, 0) is 11.3 Å². The average molecular weight is 346 g/mol. The van der Waals surface area contributed by atoms with Crippen LogP contribution in [0.3, 0.4) is 0 Å². The monoisotopic (exact) mass is 346 g/mol. The fourth-order valence-electron chi connectivity index (χ4n) is 2.81. The van der Waals surface area contributed by atoms with Crippen LogP contribution in [0.25, 0.3) is 22.2 Å². The van der Waals surface area contributed by atoms with E-state index in [1.165, 1.54) is 34.1 Å². The molecule has 8 heteroatoms. The van der Waals surface area contributed by atoms with Gasteiger partial charge in [-0.2, -0.15) is 5.10 Å². The van der Waals surface area contributed by atoms with Gasteiger partial charge in [-0.05, 0) is 12.1 Å². The molecule has 0 atom stereocenters. The Morgan fingerprint density at radius 1 is 1.24 bits per heavy atom. The van der Waals surface area contributed by atoms with Gasteiger partial charge in [0, 0.05) is 17.3 Å². The van der Waals surface area contributed by atoms with Crippen LogP contribution in [0.2, 0.25) is 0 Å². The summed E-state index contributed by atoms with van der Waals surface area (Å²) in [6.45, 7) is 0.124. The number of likely N-dealkylation sites (tertiary alicyclic amines) is 1. The van der Waals surface area contributed by atoms with Gasteiger partial charge < -0.3 is 4.90 Å². The Kier molecular flexibility index (Phi) is 3.67. The van der Waals surface area contributed by atoms with Gasteiger partial charge in [0.1, 0.15) is 18.2 Å². The molecule has 4 rings (SSSR count). The minimum Gasteiger partial charge on any atom is -0.335 e. The van der Waals surface area contributed by atoms with Gasteiger partial charge in [-0.15, -0.1) is 0 Å². The molecule has 2 aromatic heterocycles. The molecular formula is C17H13F3N4O. The van der Waals surface area contributed by atoms with Crippen molar-refractivity contribution >= 4 is 16.9 Å². The first-order chi connectivity index (χ1) is 12.0. The molecule has 0 N–H and O–H groups in total. The average Bonchev–Trinajstić information content (AvgIpc) is 2.96. The van der Waals surface area contributed by atoms with Crippen molar-refractivity contribution in [1.82, 2.24) is 19.7 Å². The molecule has 5 nitrogen and oxygen atoms in total. The zero-order valence-corrected chi connectivity index (χ0v) is 13.0. The number of halogens is 3. The molecule has 0 aliphatic carbocycles. The van der Waals surface area contributed by atoms with Gasteiger partial charge >= 0.3 is 0 Å². The predicted octanol–water partition coefficient (Wildman–Crippen LogP) is 2.56. The highest BCUT2D eigenvalue weighted by atomic mass is 19.2. The van der Waals surface area contributed by atoms with E-state index in [-0.39, 0.29) is 31.1 Å². The van der Waals surface area contributed by atoms with Crippen molar-refractivity contribution in [2.45, 2.75) is 12.7 Å². The van der Waals surface area contributed by atoms with E-state index in [4.69, 9.17) is 0 Å². The molecule has 1 fully saturated rings. The first-order valence-corrected chi connectivity index (χ1v) is 7.70. The lowest BCUT2D eigenvalue weighted by molar-refractivity contribution is -0.139. The van der Waals surface area contributed by atoms with Crippen molar-refractivity contribution in [3.8, 4) is 11.1 Å². The number of aromatic nitrogens is 3. The van der Waals surface area contributed by atoms with Gasteiger partial charge in [-0.1, -0.05) is 12.1 Å². The third kappa shape index (κ3) is 2.73. The van der Waals surface area contributed by atoms with E-state index in [0.717, 1.165) is 6.07 Å². The third-order valence-electron chi connectivity index (χ3n) is 4.23. The Morgan fingerprint density at radius 3 is 2.80 bits per heavy atom. The first kappa shape index (κ1) is 15.6. The highest BCUT2D eigenvalue weighted by Crippen LogP contribution is 2.26. The Morgan fingerprint density at radius 2 is 2.04 bits per heavy atom. The van der Waals surface area contributed by atoms with Crippen molar-refractivity contribution in [3.63, 3.8) is 0 Å². The van der Waals surface area contributed by atoms with Gasteiger partial charge in [0.05, 0.1) is 24.8 Å². The van der Waals surface area contributed by atoms with Crippen LogP contribution in [-0.4, -0.2) is 44.8 Å². The molecule has 0 saturated carbocycles. The molecule has 1 aromatic carbocycles.